The van der Waals surface area contributed by atoms with Crippen molar-refractivity contribution in [1.29, 1.82) is 0 Å². The van der Waals surface area contributed by atoms with Gasteiger partial charge in [0.05, 0.1) is 6.17 Å². The zero-order chi connectivity index (χ0) is 9.72. The molecule has 0 bridgehead atoms. The van der Waals surface area contributed by atoms with Crippen molar-refractivity contribution in [3.63, 3.8) is 0 Å². The third-order valence-corrected chi connectivity index (χ3v) is 2.05. The Labute approximate surface area is 87.8 Å². The van der Waals surface area contributed by atoms with E-state index in [1.54, 1.807) is 0 Å². The zero-order valence-electron chi connectivity index (χ0n) is 8.02. The van der Waals surface area contributed by atoms with Crippen molar-refractivity contribution < 1.29 is 4.79 Å². The minimum atomic E-state index is 0.0108. The smallest absolute Gasteiger partial charge is 0.218 e. The molecule has 0 aliphatic heterocycles. The van der Waals surface area contributed by atoms with Crippen LogP contribution in [0.1, 0.15) is 27.7 Å². The lowest BCUT2D eigenvalue weighted by Crippen LogP contribution is -2.51. The lowest BCUT2D eigenvalue weighted by molar-refractivity contribution is -0.119. The Morgan fingerprint density at radius 2 is 1.83 bits per heavy atom. The quantitative estimate of drug-likeness (QED) is 0.464. The summed E-state index contributed by atoms with van der Waals surface area (Å²) in [5, 5.41) is 6.12. The molecule has 0 aromatic carbocycles. The van der Waals surface area contributed by atoms with Gasteiger partial charge in [-0.3, -0.25) is 10.1 Å². The van der Waals surface area contributed by atoms with Crippen molar-refractivity contribution in [2.75, 3.05) is 0 Å². The van der Waals surface area contributed by atoms with Crippen LogP contribution in [0.4, 0.5) is 0 Å². The van der Waals surface area contributed by atoms with E-state index in [4.69, 9.17) is 0 Å². The fourth-order valence-electron chi connectivity index (χ4n) is 0.867. The van der Waals surface area contributed by atoms with E-state index in [0.29, 0.717) is 9.97 Å². The molecule has 0 fully saturated rings. The largest absolute Gasteiger partial charge is 0.340 e. The van der Waals surface area contributed by atoms with Crippen molar-refractivity contribution in [2.45, 2.75) is 43.8 Å². The molecule has 4 heteroatoms. The Hall–Kier alpha value is 0.160. The van der Waals surface area contributed by atoms with Crippen LogP contribution in [-0.2, 0) is 4.79 Å². The molecule has 0 saturated carbocycles. The number of hydrogen-bond acceptors (Lipinski definition) is 2. The van der Waals surface area contributed by atoms with Crippen LogP contribution in [-0.4, -0.2) is 22.0 Å². The van der Waals surface area contributed by atoms with Crippen molar-refractivity contribution >= 4 is 28.5 Å². The first-order valence-electron chi connectivity index (χ1n) is 4.10. The summed E-state index contributed by atoms with van der Waals surface area (Å²) in [7, 11) is 0. The van der Waals surface area contributed by atoms with E-state index in [-0.39, 0.29) is 12.1 Å². The average Bonchev–Trinajstić information content (AvgIpc) is 1.83. The molecule has 72 valence electrons. The average molecular weight is 284 g/mol. The second-order valence-corrected chi connectivity index (χ2v) is 5.14. The Morgan fingerprint density at radius 3 is 2.08 bits per heavy atom. The summed E-state index contributed by atoms with van der Waals surface area (Å²) in [6.45, 7) is 7.73. The number of hydrogen-bond donors (Lipinski definition) is 2. The highest BCUT2D eigenvalue weighted by Gasteiger charge is 2.15. The number of carbonyl (C=O) groups is 1. The molecule has 1 amide bonds. The van der Waals surface area contributed by atoms with E-state index >= 15 is 0 Å². The second-order valence-electron chi connectivity index (χ2n) is 3.18. The molecule has 0 saturated heterocycles. The highest BCUT2D eigenvalue weighted by molar-refractivity contribution is 14.1. The van der Waals surface area contributed by atoms with Gasteiger partial charge in [0.25, 0.3) is 0 Å². The Bertz CT molecular complexity index is 148. The van der Waals surface area contributed by atoms with Crippen LogP contribution in [0.5, 0.6) is 0 Å². The second kappa shape index (κ2) is 5.75. The Morgan fingerprint density at radius 1 is 1.33 bits per heavy atom. The number of amides is 1. The SMILES string of the molecule is CC(=O)N[C@@H](NC(C)C)[C@H](C)I. The van der Waals surface area contributed by atoms with E-state index < -0.39 is 0 Å². The predicted octanol–water partition coefficient (Wildman–Crippen LogP) is 1.27. The molecular formula is C8H17IN2O. The van der Waals surface area contributed by atoms with Crippen LogP contribution in [0.25, 0.3) is 0 Å². The van der Waals surface area contributed by atoms with Crippen LogP contribution in [0.2, 0.25) is 0 Å². The molecule has 0 aromatic heterocycles. The summed E-state index contributed by atoms with van der Waals surface area (Å²) in [6.07, 6.45) is 0.0723. The van der Waals surface area contributed by atoms with Crippen LogP contribution in [0.3, 0.4) is 0 Å². The lowest BCUT2D eigenvalue weighted by Gasteiger charge is -2.24. The minimum Gasteiger partial charge on any atom is -0.340 e. The molecule has 0 spiro atoms. The monoisotopic (exact) mass is 284 g/mol. The molecule has 0 heterocycles. The maximum atomic E-state index is 10.8. The van der Waals surface area contributed by atoms with Gasteiger partial charge in [-0.25, -0.2) is 0 Å². The molecule has 0 aliphatic carbocycles. The molecule has 0 aliphatic rings. The van der Waals surface area contributed by atoms with Crippen molar-refractivity contribution in [2.24, 2.45) is 0 Å². The van der Waals surface area contributed by atoms with Crippen LogP contribution in [0.15, 0.2) is 0 Å². The maximum Gasteiger partial charge on any atom is 0.218 e. The lowest BCUT2D eigenvalue weighted by atomic mass is 10.3. The summed E-state index contributed by atoms with van der Waals surface area (Å²) in [5.74, 6) is 0.0108. The molecule has 0 rings (SSSR count). The van der Waals surface area contributed by atoms with Gasteiger partial charge >= 0.3 is 0 Å². The van der Waals surface area contributed by atoms with Crippen molar-refractivity contribution in [3.8, 4) is 0 Å². The maximum absolute atomic E-state index is 10.8. The molecule has 2 N–H and O–H groups in total. The van der Waals surface area contributed by atoms with Crippen molar-refractivity contribution in [1.82, 2.24) is 10.6 Å². The molecule has 0 aromatic rings. The van der Waals surface area contributed by atoms with Gasteiger partial charge in [0.15, 0.2) is 0 Å². The number of halogens is 1. The van der Waals surface area contributed by atoms with Crippen LogP contribution < -0.4 is 10.6 Å². The molecule has 3 nitrogen and oxygen atoms in total. The van der Waals surface area contributed by atoms with Gasteiger partial charge in [-0.05, 0) is 13.8 Å². The van der Waals surface area contributed by atoms with Gasteiger partial charge in [-0.1, -0.05) is 29.5 Å². The van der Waals surface area contributed by atoms with Gasteiger partial charge in [-0.2, -0.15) is 0 Å². The summed E-state index contributed by atoms with van der Waals surface area (Å²) >= 11 is 2.29. The zero-order valence-corrected chi connectivity index (χ0v) is 10.2. The first-order chi connectivity index (χ1) is 5.43. The third kappa shape index (κ3) is 5.77. The molecule has 0 radical (unpaired) electrons. The van der Waals surface area contributed by atoms with E-state index in [0.717, 1.165) is 0 Å². The Balaban J connectivity index is 3.95. The highest BCUT2D eigenvalue weighted by Crippen LogP contribution is 2.03. The summed E-state index contributed by atoms with van der Waals surface area (Å²) in [4.78, 5) is 10.8. The topological polar surface area (TPSA) is 41.1 Å². The number of carbonyl (C=O) groups excluding carboxylic acids is 1. The summed E-state index contributed by atoms with van der Waals surface area (Å²) in [5.41, 5.74) is 0. The van der Waals surface area contributed by atoms with Gasteiger partial charge in [0.1, 0.15) is 0 Å². The minimum absolute atomic E-state index is 0.0108. The standard InChI is InChI=1S/C8H17IN2O/c1-5(2)10-8(6(3)9)11-7(4)12/h5-6,8,10H,1-4H3,(H,11,12)/t6-,8+/m0/s1. The van der Waals surface area contributed by atoms with Crippen LogP contribution >= 0.6 is 22.6 Å². The van der Waals surface area contributed by atoms with Crippen molar-refractivity contribution in [3.05, 3.63) is 0 Å². The molecule has 0 unspecified atom stereocenters. The van der Waals surface area contributed by atoms with E-state index in [2.05, 4.69) is 54.0 Å². The normalized spacial score (nSPS) is 15.8. The van der Waals surface area contributed by atoms with Gasteiger partial charge in [0.2, 0.25) is 5.91 Å². The summed E-state index contributed by atoms with van der Waals surface area (Å²) in [6, 6.07) is 0.388. The molecule has 2 atom stereocenters. The van der Waals surface area contributed by atoms with E-state index in [9.17, 15) is 4.79 Å². The number of alkyl halides is 1. The highest BCUT2D eigenvalue weighted by atomic mass is 127. The fraction of sp³-hybridized carbons (Fsp3) is 0.875. The number of nitrogens with one attached hydrogen (secondary N) is 2. The predicted molar refractivity (Wildman–Crippen MR) is 59.4 cm³/mol. The first-order valence-corrected chi connectivity index (χ1v) is 5.35. The van der Waals surface area contributed by atoms with Gasteiger partial charge in [0, 0.05) is 16.9 Å². The third-order valence-electron chi connectivity index (χ3n) is 1.33. The van der Waals surface area contributed by atoms with Crippen LogP contribution in [0, 0.1) is 0 Å². The number of rotatable bonds is 4. The van der Waals surface area contributed by atoms with E-state index in [1.807, 2.05) is 0 Å². The Kier molecular flexibility index (Phi) is 5.82. The molecular weight excluding hydrogens is 267 g/mol. The first kappa shape index (κ1) is 12.2. The fourth-order valence-corrected chi connectivity index (χ4v) is 1.25. The van der Waals surface area contributed by atoms with E-state index in [1.165, 1.54) is 6.92 Å². The summed E-state index contributed by atoms with van der Waals surface area (Å²) < 4.78 is 0.383. The molecule has 12 heavy (non-hydrogen) atoms. The van der Waals surface area contributed by atoms with Gasteiger partial charge < -0.3 is 5.32 Å². The van der Waals surface area contributed by atoms with Gasteiger partial charge in [-0.15, -0.1) is 0 Å².